The number of nitrogens with one attached hydrogen (secondary N) is 1. The molecule has 11 heavy (non-hydrogen) atoms. The van der Waals surface area contributed by atoms with Gasteiger partial charge < -0.3 is 5.32 Å². The Kier molecular flexibility index (Phi) is 15.6. The van der Waals surface area contributed by atoms with Crippen LogP contribution in [-0.2, 0) is 0 Å². The Morgan fingerprint density at radius 1 is 1.27 bits per heavy atom. The topological polar surface area (TPSA) is 12.0 Å². The Labute approximate surface area is 76.7 Å². The first-order chi connectivity index (χ1) is 4.91. The average molecular weight is 178 g/mol. The van der Waals surface area contributed by atoms with Gasteiger partial charge in [0.15, 0.2) is 0 Å². The molecule has 0 unspecified atom stereocenters. The minimum absolute atomic E-state index is 0. The van der Waals surface area contributed by atoms with Crippen LogP contribution in [0.4, 0.5) is 0 Å². The molecular weight excluding hydrogens is 158 g/mol. The summed E-state index contributed by atoms with van der Waals surface area (Å²) >= 11 is 0. The van der Waals surface area contributed by atoms with E-state index in [1.165, 1.54) is 25.8 Å². The van der Waals surface area contributed by atoms with Gasteiger partial charge >= 0.3 is 0 Å². The lowest BCUT2D eigenvalue weighted by Crippen LogP contribution is -2.15. The number of hydrogen-bond acceptors (Lipinski definition) is 1. The van der Waals surface area contributed by atoms with Crippen LogP contribution in [0.25, 0.3) is 0 Å². The van der Waals surface area contributed by atoms with Gasteiger partial charge in [0.25, 0.3) is 0 Å². The van der Waals surface area contributed by atoms with Crippen molar-refractivity contribution in [2.75, 3.05) is 13.1 Å². The molecule has 0 saturated heterocycles. The largest absolute Gasteiger partial charge is 0.316 e. The second kappa shape index (κ2) is 12.6. The number of halogens is 1. The van der Waals surface area contributed by atoms with Gasteiger partial charge in [-0.2, -0.15) is 0 Å². The highest BCUT2D eigenvalue weighted by atomic mass is 35.5. The standard InChI is InChI=1S/C9H19N.ClH/c1-3-5-7-9-10-8-6-4-2;/h3,5,10H,4,6-9H2,1-2H3;1H. The van der Waals surface area contributed by atoms with E-state index in [1.54, 1.807) is 0 Å². The molecule has 0 aliphatic carbocycles. The molecule has 0 radical (unpaired) electrons. The second-order valence-corrected chi connectivity index (χ2v) is 2.46. The fourth-order valence-corrected chi connectivity index (χ4v) is 0.779. The summed E-state index contributed by atoms with van der Waals surface area (Å²) in [5, 5.41) is 3.37. The van der Waals surface area contributed by atoms with Gasteiger partial charge in [-0.25, -0.2) is 0 Å². The van der Waals surface area contributed by atoms with Crippen LogP contribution < -0.4 is 5.32 Å². The Hall–Kier alpha value is -0.0100. The summed E-state index contributed by atoms with van der Waals surface area (Å²) in [5.41, 5.74) is 0. The van der Waals surface area contributed by atoms with E-state index in [1.807, 2.05) is 0 Å². The third kappa shape index (κ3) is 13.1. The highest BCUT2D eigenvalue weighted by Gasteiger charge is 1.82. The van der Waals surface area contributed by atoms with Crippen LogP contribution in [0.1, 0.15) is 33.1 Å². The molecule has 2 heteroatoms. The molecule has 0 amide bonds. The van der Waals surface area contributed by atoms with Crippen molar-refractivity contribution < 1.29 is 0 Å². The van der Waals surface area contributed by atoms with E-state index in [-0.39, 0.29) is 12.4 Å². The molecule has 0 aromatic carbocycles. The maximum atomic E-state index is 3.37. The number of allylic oxidation sites excluding steroid dienone is 1. The molecule has 0 aliphatic heterocycles. The van der Waals surface area contributed by atoms with Crippen molar-refractivity contribution >= 4 is 12.4 Å². The first-order valence-corrected chi connectivity index (χ1v) is 4.23. The van der Waals surface area contributed by atoms with E-state index in [2.05, 4.69) is 31.3 Å². The maximum Gasteiger partial charge on any atom is -0.00143 e. The average Bonchev–Trinajstić information content (AvgIpc) is 1.97. The minimum Gasteiger partial charge on any atom is -0.316 e. The Morgan fingerprint density at radius 2 is 2.00 bits per heavy atom. The highest BCUT2D eigenvalue weighted by Crippen LogP contribution is 1.83. The van der Waals surface area contributed by atoms with Crippen LogP contribution in [0, 0.1) is 0 Å². The Bertz CT molecular complexity index is 81.6. The monoisotopic (exact) mass is 177 g/mol. The van der Waals surface area contributed by atoms with Crippen molar-refractivity contribution in [1.82, 2.24) is 5.32 Å². The van der Waals surface area contributed by atoms with Crippen LogP contribution >= 0.6 is 12.4 Å². The second-order valence-electron chi connectivity index (χ2n) is 2.46. The van der Waals surface area contributed by atoms with Gasteiger partial charge in [0.2, 0.25) is 0 Å². The number of unbranched alkanes of at least 4 members (excludes halogenated alkanes) is 1. The van der Waals surface area contributed by atoms with Crippen LogP contribution in [0.15, 0.2) is 12.2 Å². The van der Waals surface area contributed by atoms with Crippen LogP contribution in [0.2, 0.25) is 0 Å². The zero-order valence-electron chi connectivity index (χ0n) is 7.60. The first-order valence-electron chi connectivity index (χ1n) is 4.23. The normalized spacial score (nSPS) is 10.0. The minimum atomic E-state index is 0. The van der Waals surface area contributed by atoms with E-state index < -0.39 is 0 Å². The quantitative estimate of drug-likeness (QED) is 0.486. The van der Waals surface area contributed by atoms with E-state index >= 15 is 0 Å². The summed E-state index contributed by atoms with van der Waals surface area (Å²) in [6, 6.07) is 0. The fraction of sp³-hybridized carbons (Fsp3) is 0.778. The van der Waals surface area contributed by atoms with E-state index in [9.17, 15) is 0 Å². The molecule has 0 fully saturated rings. The maximum absolute atomic E-state index is 3.37. The third-order valence-electron chi connectivity index (χ3n) is 1.43. The molecular formula is C9H20ClN. The van der Waals surface area contributed by atoms with Gasteiger partial charge in [-0.05, 0) is 32.9 Å². The highest BCUT2D eigenvalue weighted by molar-refractivity contribution is 5.85. The lowest BCUT2D eigenvalue weighted by Gasteiger charge is -1.99. The lowest BCUT2D eigenvalue weighted by molar-refractivity contribution is 0.645. The molecule has 0 heterocycles. The fourth-order valence-electron chi connectivity index (χ4n) is 0.779. The first kappa shape index (κ1) is 13.6. The molecule has 0 rings (SSSR count). The predicted octanol–water partition coefficient (Wildman–Crippen LogP) is 2.76. The smallest absolute Gasteiger partial charge is 0.00143 e. The van der Waals surface area contributed by atoms with Crippen LogP contribution in [-0.4, -0.2) is 13.1 Å². The van der Waals surface area contributed by atoms with E-state index in [0.29, 0.717) is 0 Å². The summed E-state index contributed by atoms with van der Waals surface area (Å²) in [5.74, 6) is 0. The zero-order chi connectivity index (χ0) is 7.66. The molecule has 0 atom stereocenters. The summed E-state index contributed by atoms with van der Waals surface area (Å²) in [7, 11) is 0. The summed E-state index contributed by atoms with van der Waals surface area (Å²) < 4.78 is 0. The van der Waals surface area contributed by atoms with Gasteiger partial charge in [-0.15, -0.1) is 12.4 Å². The number of hydrogen-bond donors (Lipinski definition) is 1. The van der Waals surface area contributed by atoms with Crippen LogP contribution in [0.3, 0.4) is 0 Å². The summed E-state index contributed by atoms with van der Waals surface area (Å²) in [6.45, 7) is 6.58. The van der Waals surface area contributed by atoms with Gasteiger partial charge in [-0.1, -0.05) is 25.5 Å². The molecule has 0 aromatic heterocycles. The lowest BCUT2D eigenvalue weighted by atomic mass is 10.3. The third-order valence-corrected chi connectivity index (χ3v) is 1.43. The van der Waals surface area contributed by atoms with E-state index in [4.69, 9.17) is 0 Å². The van der Waals surface area contributed by atoms with Crippen molar-refractivity contribution in [2.45, 2.75) is 33.1 Å². The van der Waals surface area contributed by atoms with Crippen molar-refractivity contribution in [2.24, 2.45) is 0 Å². The number of rotatable bonds is 6. The van der Waals surface area contributed by atoms with Crippen molar-refractivity contribution in [3.8, 4) is 0 Å². The molecule has 68 valence electrons. The Balaban J connectivity index is 0. The Morgan fingerprint density at radius 3 is 2.55 bits per heavy atom. The SMILES string of the molecule is CC=CCCNCCCC.Cl. The zero-order valence-corrected chi connectivity index (χ0v) is 8.41. The molecule has 1 nitrogen and oxygen atoms in total. The summed E-state index contributed by atoms with van der Waals surface area (Å²) in [6.07, 6.45) is 8.05. The van der Waals surface area contributed by atoms with Crippen molar-refractivity contribution in [3.63, 3.8) is 0 Å². The molecule has 0 aromatic rings. The molecule has 0 saturated carbocycles. The van der Waals surface area contributed by atoms with E-state index in [0.717, 1.165) is 6.54 Å². The van der Waals surface area contributed by atoms with Gasteiger partial charge in [0.1, 0.15) is 0 Å². The van der Waals surface area contributed by atoms with Gasteiger partial charge in [-0.3, -0.25) is 0 Å². The predicted molar refractivity (Wildman–Crippen MR) is 54.5 cm³/mol. The molecule has 0 bridgehead atoms. The van der Waals surface area contributed by atoms with Gasteiger partial charge in [0, 0.05) is 0 Å². The molecule has 0 aliphatic rings. The van der Waals surface area contributed by atoms with Crippen molar-refractivity contribution in [3.05, 3.63) is 12.2 Å². The molecule has 0 spiro atoms. The van der Waals surface area contributed by atoms with Gasteiger partial charge in [0.05, 0.1) is 0 Å². The molecule has 1 N–H and O–H groups in total. The summed E-state index contributed by atoms with van der Waals surface area (Å²) in [4.78, 5) is 0. The van der Waals surface area contributed by atoms with Crippen LogP contribution in [0.5, 0.6) is 0 Å². The van der Waals surface area contributed by atoms with Crippen molar-refractivity contribution in [1.29, 1.82) is 0 Å².